The third-order valence-electron chi connectivity index (χ3n) is 6.53. The topological polar surface area (TPSA) is 68.5 Å². The standard InChI is InChI=1S/C31H32F3N3O3/c1-19-17-23(15-16-24(19)25-9-7-8-10-26(25)31(32,33)34)29-35-28(36-40-29)22-13-11-21(12-14-22)20(2)37(6)18-27(38)39-30(3,4)5/h7-17,20H,18H2,1-6H3/t20-/m1/s1. The first-order valence-corrected chi connectivity index (χ1v) is 12.9. The van der Waals surface area contributed by atoms with Gasteiger partial charge in [0.1, 0.15) is 5.60 Å². The predicted octanol–water partition coefficient (Wildman–Crippen LogP) is 7.73. The molecule has 0 bridgehead atoms. The van der Waals surface area contributed by atoms with E-state index in [9.17, 15) is 18.0 Å². The van der Waals surface area contributed by atoms with Crippen LogP contribution in [0.2, 0.25) is 0 Å². The molecule has 0 fully saturated rings. The molecule has 0 spiro atoms. The molecule has 0 aliphatic heterocycles. The SMILES string of the molecule is Cc1cc(-c2nc(-c3ccc([C@@H](C)N(C)CC(=O)OC(C)(C)C)cc3)no2)ccc1-c1ccccc1C(F)(F)F. The van der Waals surface area contributed by atoms with Crippen LogP contribution in [0, 0.1) is 6.92 Å². The van der Waals surface area contributed by atoms with Gasteiger partial charge in [-0.2, -0.15) is 18.2 Å². The van der Waals surface area contributed by atoms with Crippen molar-refractivity contribution in [3.8, 4) is 34.0 Å². The highest BCUT2D eigenvalue weighted by Gasteiger charge is 2.33. The van der Waals surface area contributed by atoms with Gasteiger partial charge in [0, 0.05) is 17.2 Å². The van der Waals surface area contributed by atoms with Gasteiger partial charge >= 0.3 is 12.1 Å². The normalized spacial score (nSPS) is 12.9. The lowest BCUT2D eigenvalue weighted by atomic mass is 9.94. The quantitative estimate of drug-likeness (QED) is 0.219. The second-order valence-electron chi connectivity index (χ2n) is 10.8. The first kappa shape index (κ1) is 29.0. The van der Waals surface area contributed by atoms with Gasteiger partial charge in [-0.3, -0.25) is 9.69 Å². The highest BCUT2D eigenvalue weighted by molar-refractivity contribution is 5.74. The van der Waals surface area contributed by atoms with Gasteiger partial charge in [-0.25, -0.2) is 0 Å². The first-order chi connectivity index (χ1) is 18.7. The van der Waals surface area contributed by atoms with Crippen molar-refractivity contribution in [1.29, 1.82) is 0 Å². The van der Waals surface area contributed by atoms with Crippen LogP contribution in [0.5, 0.6) is 0 Å². The summed E-state index contributed by atoms with van der Waals surface area (Å²) in [4.78, 5) is 18.6. The van der Waals surface area contributed by atoms with Crippen molar-refractivity contribution in [2.75, 3.05) is 13.6 Å². The highest BCUT2D eigenvalue weighted by Crippen LogP contribution is 2.39. The summed E-state index contributed by atoms with van der Waals surface area (Å²) < 4.78 is 51.5. The Hall–Kier alpha value is -3.98. The molecule has 4 aromatic rings. The second-order valence-corrected chi connectivity index (χ2v) is 10.8. The van der Waals surface area contributed by atoms with Crippen molar-refractivity contribution in [1.82, 2.24) is 15.0 Å². The maximum Gasteiger partial charge on any atom is 0.417 e. The van der Waals surface area contributed by atoms with Gasteiger partial charge in [0.15, 0.2) is 0 Å². The van der Waals surface area contributed by atoms with E-state index in [-0.39, 0.29) is 30.0 Å². The molecule has 0 unspecified atom stereocenters. The maximum atomic E-state index is 13.5. The minimum atomic E-state index is -4.45. The van der Waals surface area contributed by atoms with Crippen LogP contribution in [0.4, 0.5) is 13.2 Å². The number of rotatable bonds is 7. The molecule has 0 aliphatic rings. The molecule has 9 heteroatoms. The third kappa shape index (κ3) is 6.77. The van der Waals surface area contributed by atoms with Crippen LogP contribution in [-0.4, -0.2) is 40.2 Å². The number of aromatic nitrogens is 2. The van der Waals surface area contributed by atoms with Gasteiger partial charge in [-0.15, -0.1) is 0 Å². The number of aryl methyl sites for hydroxylation is 1. The molecule has 210 valence electrons. The molecule has 0 saturated carbocycles. The van der Waals surface area contributed by atoms with E-state index in [0.717, 1.165) is 17.2 Å². The van der Waals surface area contributed by atoms with E-state index < -0.39 is 17.3 Å². The van der Waals surface area contributed by atoms with E-state index in [0.29, 0.717) is 22.5 Å². The Morgan fingerprint density at radius 2 is 1.62 bits per heavy atom. The van der Waals surface area contributed by atoms with Crippen LogP contribution < -0.4 is 0 Å². The van der Waals surface area contributed by atoms with Crippen molar-refractivity contribution in [2.24, 2.45) is 0 Å². The van der Waals surface area contributed by atoms with E-state index in [2.05, 4.69) is 10.1 Å². The van der Waals surface area contributed by atoms with Crippen molar-refractivity contribution in [3.05, 3.63) is 83.4 Å². The molecule has 0 saturated heterocycles. The average Bonchev–Trinajstić information content (AvgIpc) is 3.37. The molecular formula is C31H32F3N3O3. The zero-order valence-corrected chi connectivity index (χ0v) is 23.3. The number of hydrogen-bond acceptors (Lipinski definition) is 6. The Kier molecular flexibility index (Phi) is 8.16. The molecule has 40 heavy (non-hydrogen) atoms. The monoisotopic (exact) mass is 551 g/mol. The molecule has 0 amide bonds. The number of hydrogen-bond donors (Lipinski definition) is 0. The van der Waals surface area contributed by atoms with Crippen LogP contribution in [0.25, 0.3) is 34.0 Å². The number of ether oxygens (including phenoxy) is 1. The summed E-state index contributed by atoms with van der Waals surface area (Å²) in [5.41, 5.74) is 2.40. The Labute approximate surface area is 231 Å². The van der Waals surface area contributed by atoms with Crippen molar-refractivity contribution >= 4 is 5.97 Å². The summed E-state index contributed by atoms with van der Waals surface area (Å²) in [6.07, 6.45) is -4.45. The highest BCUT2D eigenvalue weighted by atomic mass is 19.4. The van der Waals surface area contributed by atoms with Gasteiger partial charge in [-0.1, -0.05) is 53.7 Å². The van der Waals surface area contributed by atoms with Crippen molar-refractivity contribution in [3.63, 3.8) is 0 Å². The number of carbonyl (C=O) groups is 1. The molecule has 1 heterocycles. The van der Waals surface area contributed by atoms with E-state index in [4.69, 9.17) is 9.26 Å². The summed E-state index contributed by atoms with van der Waals surface area (Å²) in [6.45, 7) is 9.43. The Balaban J connectivity index is 1.49. The van der Waals surface area contributed by atoms with Crippen molar-refractivity contribution < 1.29 is 27.2 Å². The number of carbonyl (C=O) groups excluding carboxylic acids is 1. The second kappa shape index (κ2) is 11.3. The van der Waals surface area contributed by atoms with Crippen LogP contribution in [0.15, 0.2) is 71.3 Å². The molecule has 4 rings (SSSR count). The molecule has 0 N–H and O–H groups in total. The third-order valence-corrected chi connectivity index (χ3v) is 6.53. The Bertz CT molecular complexity index is 1490. The number of likely N-dealkylation sites (N-methyl/N-ethyl adjacent to an activating group) is 1. The number of alkyl halides is 3. The predicted molar refractivity (Wildman–Crippen MR) is 147 cm³/mol. The number of benzene rings is 3. The number of esters is 1. The molecule has 0 aliphatic carbocycles. The summed E-state index contributed by atoms with van der Waals surface area (Å²) in [6, 6.07) is 18.2. The zero-order chi connectivity index (χ0) is 29.2. The fourth-order valence-electron chi connectivity index (χ4n) is 4.40. The van der Waals surface area contributed by atoms with Gasteiger partial charge in [0.2, 0.25) is 5.82 Å². The lowest BCUT2D eigenvalue weighted by Gasteiger charge is -2.26. The zero-order valence-electron chi connectivity index (χ0n) is 23.3. The molecular weight excluding hydrogens is 519 g/mol. The molecule has 3 aromatic carbocycles. The Morgan fingerprint density at radius 1 is 0.975 bits per heavy atom. The minimum Gasteiger partial charge on any atom is -0.459 e. The number of halogens is 3. The maximum absolute atomic E-state index is 13.5. The van der Waals surface area contributed by atoms with Gasteiger partial charge in [0.25, 0.3) is 5.89 Å². The summed E-state index contributed by atoms with van der Waals surface area (Å²) >= 11 is 0. The molecule has 1 atom stereocenters. The van der Waals surface area contributed by atoms with E-state index in [1.54, 1.807) is 31.2 Å². The van der Waals surface area contributed by atoms with E-state index >= 15 is 0 Å². The fourth-order valence-corrected chi connectivity index (χ4v) is 4.40. The Morgan fingerprint density at radius 3 is 2.25 bits per heavy atom. The summed E-state index contributed by atoms with van der Waals surface area (Å²) in [5.74, 6) is 0.370. The van der Waals surface area contributed by atoms with Crippen LogP contribution >= 0.6 is 0 Å². The van der Waals surface area contributed by atoms with Gasteiger partial charge in [0.05, 0.1) is 12.1 Å². The van der Waals surface area contributed by atoms with Crippen LogP contribution in [0.3, 0.4) is 0 Å². The lowest BCUT2D eigenvalue weighted by molar-refractivity contribution is -0.156. The van der Waals surface area contributed by atoms with E-state index in [1.807, 2.05) is 63.9 Å². The molecule has 0 radical (unpaired) electrons. The summed E-state index contributed by atoms with van der Waals surface area (Å²) in [5, 5.41) is 4.10. The molecule has 6 nitrogen and oxygen atoms in total. The van der Waals surface area contributed by atoms with Crippen molar-refractivity contribution in [2.45, 2.75) is 52.4 Å². The van der Waals surface area contributed by atoms with Gasteiger partial charge in [-0.05, 0) is 82.1 Å². The fraction of sp³-hybridized carbons (Fsp3) is 0.323. The first-order valence-electron chi connectivity index (χ1n) is 12.9. The summed E-state index contributed by atoms with van der Waals surface area (Å²) in [7, 11) is 1.86. The lowest BCUT2D eigenvalue weighted by Crippen LogP contribution is -2.34. The van der Waals surface area contributed by atoms with Crippen LogP contribution in [-0.2, 0) is 15.7 Å². The molecule has 1 aromatic heterocycles. The largest absolute Gasteiger partial charge is 0.459 e. The minimum absolute atomic E-state index is 0.0358. The van der Waals surface area contributed by atoms with Gasteiger partial charge < -0.3 is 9.26 Å². The average molecular weight is 552 g/mol. The smallest absolute Gasteiger partial charge is 0.417 e. The van der Waals surface area contributed by atoms with E-state index in [1.165, 1.54) is 12.1 Å². The van der Waals surface area contributed by atoms with Crippen LogP contribution in [0.1, 0.15) is 50.4 Å². The number of nitrogens with zero attached hydrogens (tertiary/aromatic N) is 3.